The maximum Gasteiger partial charge on any atom is 0.248 e. The summed E-state index contributed by atoms with van der Waals surface area (Å²) in [4.78, 5) is 12.1. The fourth-order valence-corrected chi connectivity index (χ4v) is 2.53. The zero-order valence-electron chi connectivity index (χ0n) is 14.6. The highest BCUT2D eigenvalue weighted by atomic mass is 16.5. The lowest BCUT2D eigenvalue weighted by atomic mass is 10.0. The quantitative estimate of drug-likeness (QED) is 0.835. The van der Waals surface area contributed by atoms with Gasteiger partial charge >= 0.3 is 0 Å². The zero-order chi connectivity index (χ0) is 17.9. The molecule has 0 radical (unpaired) electrons. The molecule has 0 aliphatic carbocycles. The number of methoxy groups -OCH3 is 1. The molecule has 1 amide bonds. The molecular weight excluding hydrogens is 314 g/mol. The Balaban J connectivity index is 1.66. The first-order valence-corrected chi connectivity index (χ1v) is 8.11. The lowest BCUT2D eigenvalue weighted by Gasteiger charge is -2.28. The Morgan fingerprint density at radius 3 is 2.64 bits per heavy atom. The SMILES string of the molecule is COc1ccc(/C=C/C(=O)Nc2ccc3c(c2)C=CC(C)(C)O3)cc1. The van der Waals surface area contributed by atoms with E-state index >= 15 is 0 Å². The third-order valence-electron chi connectivity index (χ3n) is 3.86. The van der Waals surface area contributed by atoms with Crippen molar-refractivity contribution < 1.29 is 14.3 Å². The molecule has 1 N–H and O–H groups in total. The Hall–Kier alpha value is -3.01. The number of hydrogen-bond acceptors (Lipinski definition) is 3. The Bertz CT molecular complexity index is 833. The van der Waals surface area contributed by atoms with Crippen LogP contribution in [-0.2, 0) is 4.79 Å². The van der Waals surface area contributed by atoms with Crippen LogP contribution in [-0.4, -0.2) is 18.6 Å². The molecule has 0 unspecified atom stereocenters. The van der Waals surface area contributed by atoms with E-state index in [9.17, 15) is 4.79 Å². The van der Waals surface area contributed by atoms with Gasteiger partial charge in [-0.25, -0.2) is 0 Å². The summed E-state index contributed by atoms with van der Waals surface area (Å²) in [6.07, 6.45) is 7.29. The first-order valence-electron chi connectivity index (χ1n) is 8.11. The van der Waals surface area contributed by atoms with Crippen LogP contribution in [0.2, 0.25) is 0 Å². The molecule has 1 aliphatic heterocycles. The summed E-state index contributed by atoms with van der Waals surface area (Å²) in [5, 5.41) is 2.87. The van der Waals surface area contributed by atoms with Gasteiger partial charge in [0.05, 0.1) is 7.11 Å². The topological polar surface area (TPSA) is 47.6 Å². The summed E-state index contributed by atoms with van der Waals surface area (Å²) in [7, 11) is 1.62. The van der Waals surface area contributed by atoms with Crippen molar-refractivity contribution in [2.75, 3.05) is 12.4 Å². The van der Waals surface area contributed by atoms with E-state index in [-0.39, 0.29) is 11.5 Å². The van der Waals surface area contributed by atoms with Gasteiger partial charge in [0.25, 0.3) is 0 Å². The first-order chi connectivity index (χ1) is 11.9. The minimum atomic E-state index is -0.307. The number of ether oxygens (including phenoxy) is 2. The van der Waals surface area contributed by atoms with Crippen LogP contribution in [0.25, 0.3) is 12.2 Å². The second-order valence-electron chi connectivity index (χ2n) is 6.39. The van der Waals surface area contributed by atoms with Crippen LogP contribution < -0.4 is 14.8 Å². The van der Waals surface area contributed by atoms with Crippen molar-refractivity contribution in [2.45, 2.75) is 19.4 Å². The molecule has 25 heavy (non-hydrogen) atoms. The maximum atomic E-state index is 12.1. The highest BCUT2D eigenvalue weighted by Gasteiger charge is 2.21. The van der Waals surface area contributed by atoms with Crippen LogP contribution >= 0.6 is 0 Å². The molecule has 0 saturated heterocycles. The van der Waals surface area contributed by atoms with Gasteiger partial charge in [0.2, 0.25) is 5.91 Å². The van der Waals surface area contributed by atoms with E-state index in [0.29, 0.717) is 0 Å². The van der Waals surface area contributed by atoms with Crippen molar-refractivity contribution in [1.82, 2.24) is 0 Å². The minimum Gasteiger partial charge on any atom is -0.497 e. The van der Waals surface area contributed by atoms with E-state index in [4.69, 9.17) is 9.47 Å². The molecule has 0 bridgehead atoms. The molecule has 1 aliphatic rings. The molecule has 128 valence electrons. The van der Waals surface area contributed by atoms with Crippen molar-refractivity contribution in [1.29, 1.82) is 0 Å². The van der Waals surface area contributed by atoms with Crippen molar-refractivity contribution in [2.24, 2.45) is 0 Å². The molecule has 3 rings (SSSR count). The molecule has 2 aromatic carbocycles. The standard InChI is InChI=1S/C21H21NO3/c1-21(2)13-12-16-14-17(7-10-19(16)25-21)22-20(23)11-6-15-4-8-18(24-3)9-5-15/h4-14H,1-3H3,(H,22,23)/b11-6+. The van der Waals surface area contributed by atoms with Crippen LogP contribution in [0.5, 0.6) is 11.5 Å². The number of hydrogen-bond donors (Lipinski definition) is 1. The number of benzene rings is 2. The summed E-state index contributed by atoms with van der Waals surface area (Å²) in [5.41, 5.74) is 2.31. The van der Waals surface area contributed by atoms with Gasteiger partial charge in [0.15, 0.2) is 0 Å². The monoisotopic (exact) mass is 335 g/mol. The van der Waals surface area contributed by atoms with E-state index in [0.717, 1.165) is 28.3 Å². The van der Waals surface area contributed by atoms with Gasteiger partial charge in [-0.3, -0.25) is 4.79 Å². The predicted octanol–water partition coefficient (Wildman–Crippen LogP) is 4.53. The van der Waals surface area contributed by atoms with E-state index in [1.54, 1.807) is 13.2 Å². The Labute approximate surface area is 147 Å². The lowest BCUT2D eigenvalue weighted by Crippen LogP contribution is -2.27. The Morgan fingerprint density at radius 2 is 1.92 bits per heavy atom. The molecule has 0 saturated carbocycles. The number of carbonyl (C=O) groups excluding carboxylic acids is 1. The fourth-order valence-electron chi connectivity index (χ4n) is 2.53. The largest absolute Gasteiger partial charge is 0.497 e. The number of anilines is 1. The van der Waals surface area contributed by atoms with E-state index < -0.39 is 0 Å². The van der Waals surface area contributed by atoms with E-state index in [1.807, 2.05) is 68.5 Å². The van der Waals surface area contributed by atoms with E-state index in [1.165, 1.54) is 6.08 Å². The summed E-state index contributed by atoms with van der Waals surface area (Å²) in [6, 6.07) is 13.1. The Morgan fingerprint density at radius 1 is 1.16 bits per heavy atom. The van der Waals surface area contributed by atoms with Crippen LogP contribution in [0.4, 0.5) is 5.69 Å². The first kappa shape index (κ1) is 16.8. The van der Waals surface area contributed by atoms with Crippen molar-refractivity contribution in [3.63, 3.8) is 0 Å². The second kappa shape index (κ2) is 6.85. The molecule has 0 fully saturated rings. The van der Waals surface area contributed by atoms with Crippen LogP contribution in [0.1, 0.15) is 25.0 Å². The van der Waals surface area contributed by atoms with Gasteiger partial charge < -0.3 is 14.8 Å². The van der Waals surface area contributed by atoms with Gasteiger partial charge in [-0.15, -0.1) is 0 Å². The number of rotatable bonds is 4. The summed E-state index contributed by atoms with van der Waals surface area (Å²) in [5.74, 6) is 1.42. The number of carbonyl (C=O) groups is 1. The molecule has 0 spiro atoms. The maximum absolute atomic E-state index is 12.1. The molecule has 0 aromatic heterocycles. The molecular formula is C21H21NO3. The van der Waals surface area contributed by atoms with Crippen molar-refractivity contribution in [3.8, 4) is 11.5 Å². The zero-order valence-corrected chi connectivity index (χ0v) is 14.6. The van der Waals surface area contributed by atoms with Crippen molar-refractivity contribution in [3.05, 3.63) is 65.7 Å². The highest BCUT2D eigenvalue weighted by Crippen LogP contribution is 2.32. The lowest BCUT2D eigenvalue weighted by molar-refractivity contribution is -0.111. The van der Waals surface area contributed by atoms with Gasteiger partial charge in [-0.1, -0.05) is 18.2 Å². The number of amides is 1. The molecule has 4 nitrogen and oxygen atoms in total. The van der Waals surface area contributed by atoms with Crippen molar-refractivity contribution >= 4 is 23.7 Å². The highest BCUT2D eigenvalue weighted by molar-refractivity contribution is 6.02. The fraction of sp³-hybridized carbons (Fsp3) is 0.190. The number of fused-ring (bicyclic) bond motifs is 1. The third-order valence-corrected chi connectivity index (χ3v) is 3.86. The molecule has 4 heteroatoms. The average molecular weight is 335 g/mol. The Kier molecular flexibility index (Phi) is 4.61. The van der Waals surface area contributed by atoms with Gasteiger partial charge in [0.1, 0.15) is 17.1 Å². The normalized spacial score (nSPS) is 14.7. The van der Waals surface area contributed by atoms with Gasteiger partial charge in [-0.2, -0.15) is 0 Å². The van der Waals surface area contributed by atoms with Gasteiger partial charge in [-0.05, 0) is 61.9 Å². The van der Waals surface area contributed by atoms with Gasteiger partial charge in [0, 0.05) is 17.3 Å². The second-order valence-corrected chi connectivity index (χ2v) is 6.39. The summed E-state index contributed by atoms with van der Waals surface area (Å²) >= 11 is 0. The predicted molar refractivity (Wildman–Crippen MR) is 101 cm³/mol. The van der Waals surface area contributed by atoms with E-state index in [2.05, 4.69) is 5.32 Å². The van der Waals surface area contributed by atoms with Crippen LogP contribution in [0, 0.1) is 0 Å². The molecule has 2 aromatic rings. The van der Waals surface area contributed by atoms with Crippen LogP contribution in [0.3, 0.4) is 0 Å². The minimum absolute atomic E-state index is 0.184. The molecule has 1 heterocycles. The third kappa shape index (κ3) is 4.29. The molecule has 0 atom stereocenters. The summed E-state index contributed by atoms with van der Waals surface area (Å²) in [6.45, 7) is 4.01. The smallest absolute Gasteiger partial charge is 0.248 e. The summed E-state index contributed by atoms with van der Waals surface area (Å²) < 4.78 is 11.0. The van der Waals surface area contributed by atoms with Crippen LogP contribution in [0.15, 0.2) is 54.6 Å². The number of nitrogens with one attached hydrogen (secondary N) is 1. The average Bonchev–Trinajstić information content (AvgIpc) is 2.60.